The molecule has 0 aliphatic carbocycles. The quantitative estimate of drug-likeness (QED) is 0.854. The third kappa shape index (κ3) is 3.60. The van der Waals surface area contributed by atoms with Crippen LogP contribution in [0.15, 0.2) is 53.9 Å². The minimum Gasteiger partial charge on any atom is -0.465 e. The summed E-state index contributed by atoms with van der Waals surface area (Å²) in [5, 5.41) is 0. The molecule has 1 N–H and O–H groups in total. The van der Waals surface area contributed by atoms with E-state index in [2.05, 4.69) is 11.3 Å². The lowest BCUT2D eigenvalue weighted by molar-refractivity contribution is 0.0600. The summed E-state index contributed by atoms with van der Waals surface area (Å²) in [4.78, 5) is 11.9. The Balaban J connectivity index is 2.45. The number of nitrogens with one attached hydrogen (secondary N) is 1. The number of esters is 1. The van der Waals surface area contributed by atoms with Crippen molar-refractivity contribution in [3.8, 4) is 0 Å². The number of anilines is 1. The molecule has 120 valence electrons. The average Bonchev–Trinajstić information content (AvgIpc) is 2.54. The van der Waals surface area contributed by atoms with Crippen LogP contribution >= 0.6 is 0 Å². The van der Waals surface area contributed by atoms with Gasteiger partial charge in [-0.3, -0.25) is 4.72 Å². The van der Waals surface area contributed by atoms with E-state index < -0.39 is 16.0 Å². The number of carbonyl (C=O) groups is 1. The van der Waals surface area contributed by atoms with Crippen molar-refractivity contribution in [2.24, 2.45) is 0 Å². The van der Waals surface area contributed by atoms with Crippen molar-refractivity contribution >= 4 is 27.8 Å². The number of hydrogen-bond acceptors (Lipinski definition) is 4. The molecule has 0 heterocycles. The van der Waals surface area contributed by atoms with Gasteiger partial charge in [-0.05, 0) is 31.2 Å². The largest absolute Gasteiger partial charge is 0.465 e. The van der Waals surface area contributed by atoms with Crippen LogP contribution in [0.5, 0.6) is 0 Å². The number of hydrogen-bond donors (Lipinski definition) is 1. The van der Waals surface area contributed by atoms with Crippen LogP contribution in [-0.4, -0.2) is 21.5 Å². The number of rotatable bonds is 5. The lowest BCUT2D eigenvalue weighted by atomic mass is 10.1. The molecular formula is C17H17NO4S. The van der Waals surface area contributed by atoms with E-state index in [0.717, 1.165) is 5.56 Å². The normalized spacial score (nSPS) is 10.9. The predicted octanol–water partition coefficient (Wildman–Crippen LogP) is 3.23. The fourth-order valence-electron chi connectivity index (χ4n) is 2.08. The number of sulfonamides is 1. The molecule has 23 heavy (non-hydrogen) atoms. The second kappa shape index (κ2) is 6.66. The average molecular weight is 331 g/mol. The SMILES string of the molecule is C=Cc1c(NS(=O)(=O)c2ccc(C)cc2)cccc1C(=O)OC. The summed E-state index contributed by atoms with van der Waals surface area (Å²) in [5.74, 6) is -0.559. The number of carbonyl (C=O) groups excluding carboxylic acids is 1. The zero-order valence-electron chi connectivity index (χ0n) is 12.9. The predicted molar refractivity (Wildman–Crippen MR) is 89.9 cm³/mol. The highest BCUT2D eigenvalue weighted by atomic mass is 32.2. The fourth-order valence-corrected chi connectivity index (χ4v) is 3.16. The molecule has 0 aliphatic heterocycles. The minimum atomic E-state index is -3.76. The van der Waals surface area contributed by atoms with E-state index >= 15 is 0 Å². The molecule has 0 atom stereocenters. The third-order valence-electron chi connectivity index (χ3n) is 3.29. The van der Waals surface area contributed by atoms with Crippen LogP contribution in [0.25, 0.3) is 6.08 Å². The Morgan fingerprint density at radius 1 is 1.17 bits per heavy atom. The second-order valence-corrected chi connectivity index (χ2v) is 6.56. The molecule has 0 fully saturated rings. The van der Waals surface area contributed by atoms with E-state index in [0.29, 0.717) is 5.56 Å². The maximum absolute atomic E-state index is 12.5. The first kappa shape index (κ1) is 16.8. The van der Waals surface area contributed by atoms with Gasteiger partial charge in [0.05, 0.1) is 23.3 Å². The maximum Gasteiger partial charge on any atom is 0.338 e. The molecule has 0 aromatic heterocycles. The number of aryl methyl sites for hydroxylation is 1. The molecule has 0 bridgehead atoms. The zero-order valence-corrected chi connectivity index (χ0v) is 13.7. The Labute approximate surface area is 135 Å². The smallest absolute Gasteiger partial charge is 0.338 e. The first-order chi connectivity index (χ1) is 10.9. The van der Waals surface area contributed by atoms with E-state index in [1.54, 1.807) is 30.3 Å². The minimum absolute atomic E-state index is 0.140. The first-order valence-corrected chi connectivity index (χ1v) is 8.30. The second-order valence-electron chi connectivity index (χ2n) is 4.88. The Morgan fingerprint density at radius 2 is 1.83 bits per heavy atom. The molecule has 0 saturated heterocycles. The van der Waals surface area contributed by atoms with Crippen molar-refractivity contribution in [2.75, 3.05) is 11.8 Å². The van der Waals surface area contributed by atoms with Gasteiger partial charge in [0.1, 0.15) is 0 Å². The zero-order chi connectivity index (χ0) is 17.0. The Bertz CT molecular complexity index is 839. The van der Waals surface area contributed by atoms with Crippen LogP contribution in [0.3, 0.4) is 0 Å². The monoisotopic (exact) mass is 331 g/mol. The number of ether oxygens (including phenoxy) is 1. The first-order valence-electron chi connectivity index (χ1n) is 6.82. The van der Waals surface area contributed by atoms with Gasteiger partial charge in [-0.25, -0.2) is 13.2 Å². The third-order valence-corrected chi connectivity index (χ3v) is 4.67. The van der Waals surface area contributed by atoms with E-state index in [4.69, 9.17) is 4.74 Å². The lowest BCUT2D eigenvalue weighted by Gasteiger charge is -2.13. The summed E-state index contributed by atoms with van der Waals surface area (Å²) >= 11 is 0. The standard InChI is InChI=1S/C17H17NO4S/c1-4-14-15(17(19)22-3)6-5-7-16(14)18-23(20,21)13-10-8-12(2)9-11-13/h4-11,18H,1H2,2-3H3. The van der Waals surface area contributed by atoms with Gasteiger partial charge < -0.3 is 4.74 Å². The van der Waals surface area contributed by atoms with Crippen molar-refractivity contribution in [3.05, 3.63) is 65.7 Å². The Morgan fingerprint density at radius 3 is 2.39 bits per heavy atom. The maximum atomic E-state index is 12.5. The van der Waals surface area contributed by atoms with Crippen molar-refractivity contribution in [1.29, 1.82) is 0 Å². The Hall–Kier alpha value is -2.60. The highest BCUT2D eigenvalue weighted by Gasteiger charge is 2.18. The van der Waals surface area contributed by atoms with Gasteiger partial charge in [-0.1, -0.05) is 36.4 Å². The van der Waals surface area contributed by atoms with Crippen LogP contribution in [0.4, 0.5) is 5.69 Å². The topological polar surface area (TPSA) is 72.5 Å². The summed E-state index contributed by atoms with van der Waals surface area (Å²) in [5.41, 5.74) is 1.84. The van der Waals surface area contributed by atoms with Gasteiger partial charge in [-0.15, -0.1) is 0 Å². The van der Waals surface area contributed by atoms with E-state index in [-0.39, 0.29) is 16.1 Å². The molecule has 2 aromatic rings. The van der Waals surface area contributed by atoms with Crippen LogP contribution in [0, 0.1) is 6.92 Å². The molecule has 0 saturated carbocycles. The highest BCUT2D eigenvalue weighted by Crippen LogP contribution is 2.25. The van der Waals surface area contributed by atoms with Gasteiger partial charge in [0, 0.05) is 5.56 Å². The van der Waals surface area contributed by atoms with Crippen molar-refractivity contribution in [2.45, 2.75) is 11.8 Å². The van der Waals surface area contributed by atoms with Gasteiger partial charge in [-0.2, -0.15) is 0 Å². The molecule has 0 radical (unpaired) electrons. The summed E-state index contributed by atoms with van der Waals surface area (Å²) in [7, 11) is -2.50. The molecule has 0 spiro atoms. The molecule has 0 amide bonds. The molecule has 0 unspecified atom stereocenters. The van der Waals surface area contributed by atoms with E-state index in [1.165, 1.54) is 25.3 Å². The van der Waals surface area contributed by atoms with E-state index in [1.807, 2.05) is 6.92 Å². The molecule has 6 heteroatoms. The van der Waals surface area contributed by atoms with Gasteiger partial charge in [0.2, 0.25) is 0 Å². The van der Waals surface area contributed by atoms with Crippen LogP contribution in [0.2, 0.25) is 0 Å². The summed E-state index contributed by atoms with van der Waals surface area (Å²) in [6.07, 6.45) is 1.42. The van der Waals surface area contributed by atoms with Gasteiger partial charge in [0.15, 0.2) is 0 Å². The summed E-state index contributed by atoms with van der Waals surface area (Å²) in [6.45, 7) is 5.52. The van der Waals surface area contributed by atoms with Crippen LogP contribution in [0.1, 0.15) is 21.5 Å². The van der Waals surface area contributed by atoms with E-state index in [9.17, 15) is 13.2 Å². The Kier molecular flexibility index (Phi) is 4.86. The van der Waals surface area contributed by atoms with Gasteiger partial charge >= 0.3 is 5.97 Å². The molecule has 0 aliphatic rings. The number of methoxy groups -OCH3 is 1. The molecule has 2 aromatic carbocycles. The molecule has 5 nitrogen and oxygen atoms in total. The summed E-state index contributed by atoms with van der Waals surface area (Å²) in [6, 6.07) is 11.2. The van der Waals surface area contributed by atoms with Crippen LogP contribution in [-0.2, 0) is 14.8 Å². The van der Waals surface area contributed by atoms with Crippen LogP contribution < -0.4 is 4.72 Å². The fraction of sp³-hybridized carbons (Fsp3) is 0.118. The summed E-state index contributed by atoms with van der Waals surface area (Å²) < 4.78 is 32.1. The van der Waals surface area contributed by atoms with Crippen molar-refractivity contribution in [1.82, 2.24) is 0 Å². The number of benzene rings is 2. The van der Waals surface area contributed by atoms with Crippen molar-refractivity contribution < 1.29 is 17.9 Å². The highest BCUT2D eigenvalue weighted by molar-refractivity contribution is 7.92. The van der Waals surface area contributed by atoms with Crippen molar-refractivity contribution in [3.63, 3.8) is 0 Å². The molecular weight excluding hydrogens is 314 g/mol. The van der Waals surface area contributed by atoms with Gasteiger partial charge in [0.25, 0.3) is 10.0 Å². The lowest BCUT2D eigenvalue weighted by Crippen LogP contribution is -2.15. The molecule has 2 rings (SSSR count).